The number of hydrogen-bond donors (Lipinski definition) is 2. The Morgan fingerprint density at radius 2 is 1.48 bits per heavy atom. The first kappa shape index (κ1) is 18.5. The van der Waals surface area contributed by atoms with Crippen LogP contribution < -0.4 is 5.32 Å². The summed E-state index contributed by atoms with van der Waals surface area (Å²) in [5, 5.41) is 14.7. The van der Waals surface area contributed by atoms with Crippen LogP contribution in [0.2, 0.25) is 0 Å². The summed E-state index contributed by atoms with van der Waals surface area (Å²) in [5.41, 5.74) is 0. The monoisotopic (exact) mass is 357 g/mol. The van der Waals surface area contributed by atoms with Crippen molar-refractivity contribution in [1.82, 2.24) is 5.32 Å². The molecule has 0 amide bonds. The first-order chi connectivity index (χ1) is 12.1. The number of rotatable bonds is 6. The van der Waals surface area contributed by atoms with Crippen LogP contribution in [-0.4, -0.2) is 36.3 Å². The molecule has 25 heavy (non-hydrogen) atoms. The number of nitrogens with one attached hydrogen (secondary N) is 1. The molecule has 0 saturated heterocycles. The van der Waals surface area contributed by atoms with E-state index < -0.39 is 10.0 Å². The maximum atomic E-state index is 11.2. The van der Waals surface area contributed by atoms with E-state index in [0.717, 1.165) is 12.2 Å². The molecule has 0 bridgehead atoms. The molecule has 2 aromatic carbocycles. The van der Waals surface area contributed by atoms with Crippen LogP contribution in [0, 0.1) is 5.92 Å². The van der Waals surface area contributed by atoms with Crippen molar-refractivity contribution in [2.45, 2.75) is 47.6 Å². The first-order valence-corrected chi connectivity index (χ1v) is 11.6. The Bertz CT molecular complexity index is 606. The molecule has 0 aliphatic heterocycles. The summed E-state index contributed by atoms with van der Waals surface area (Å²) >= 11 is 0. The quantitative estimate of drug-likeness (QED) is 0.787. The summed E-state index contributed by atoms with van der Waals surface area (Å²) in [4.78, 5) is 2.72. The van der Waals surface area contributed by atoms with E-state index in [4.69, 9.17) is 0 Å². The molecule has 0 heterocycles. The standard InChI is InChI=1S/C22H31NOS/c1-23-21-16-10-9-15-20(21)22(24)17-25(2,18-11-5-3-6-12-18)19-13-7-4-8-14-19/h3-8,11-14,20-24H,9-10,15-17H2,1-2H3/t20-,21+,22-/m1/s1. The zero-order valence-corrected chi connectivity index (χ0v) is 16.2. The average Bonchev–Trinajstić information content (AvgIpc) is 2.69. The highest BCUT2D eigenvalue weighted by atomic mass is 32.3. The van der Waals surface area contributed by atoms with Crippen LogP contribution >= 0.6 is 10.0 Å². The van der Waals surface area contributed by atoms with E-state index in [1.807, 2.05) is 7.05 Å². The second kappa shape index (κ2) is 8.39. The number of aliphatic hydroxyl groups is 1. The molecule has 0 radical (unpaired) electrons. The van der Waals surface area contributed by atoms with Gasteiger partial charge in [-0.05, 0) is 60.2 Å². The first-order valence-electron chi connectivity index (χ1n) is 9.36. The third-order valence-corrected chi connectivity index (χ3v) is 9.35. The molecule has 1 aliphatic carbocycles. The van der Waals surface area contributed by atoms with Crippen molar-refractivity contribution in [3.63, 3.8) is 0 Å². The summed E-state index contributed by atoms with van der Waals surface area (Å²) in [6.45, 7) is 0. The normalized spacial score (nSPS) is 23.2. The largest absolute Gasteiger partial charge is 0.392 e. The maximum Gasteiger partial charge on any atom is 0.0665 e. The Labute approximate surface area is 154 Å². The van der Waals surface area contributed by atoms with Crippen molar-refractivity contribution in [1.29, 1.82) is 0 Å². The molecule has 136 valence electrons. The van der Waals surface area contributed by atoms with E-state index in [2.05, 4.69) is 72.2 Å². The number of benzene rings is 2. The Kier molecular flexibility index (Phi) is 6.21. The van der Waals surface area contributed by atoms with Gasteiger partial charge < -0.3 is 10.4 Å². The van der Waals surface area contributed by atoms with Crippen LogP contribution in [0.25, 0.3) is 0 Å². The van der Waals surface area contributed by atoms with E-state index in [0.29, 0.717) is 12.0 Å². The Hall–Kier alpha value is -1.29. The molecule has 2 nitrogen and oxygen atoms in total. The predicted octanol–water partition coefficient (Wildman–Crippen LogP) is 4.68. The fourth-order valence-electron chi connectivity index (χ4n) is 4.21. The van der Waals surface area contributed by atoms with Crippen LogP contribution in [0.15, 0.2) is 70.5 Å². The van der Waals surface area contributed by atoms with Gasteiger partial charge in [0.05, 0.1) is 6.10 Å². The summed E-state index contributed by atoms with van der Waals surface area (Å²) in [6, 6.07) is 22.0. The van der Waals surface area contributed by atoms with Crippen LogP contribution in [0.1, 0.15) is 25.7 Å². The van der Waals surface area contributed by atoms with Gasteiger partial charge in [0.1, 0.15) is 0 Å². The highest BCUT2D eigenvalue weighted by Gasteiger charge is 2.34. The maximum absolute atomic E-state index is 11.2. The van der Waals surface area contributed by atoms with Gasteiger partial charge >= 0.3 is 0 Å². The van der Waals surface area contributed by atoms with E-state index in [1.54, 1.807) is 0 Å². The minimum absolute atomic E-state index is 0.266. The molecule has 0 unspecified atom stereocenters. The van der Waals surface area contributed by atoms with E-state index in [-0.39, 0.29) is 6.10 Å². The number of aliphatic hydroxyl groups excluding tert-OH is 1. The second-order valence-corrected chi connectivity index (χ2v) is 10.7. The third kappa shape index (κ3) is 4.11. The Morgan fingerprint density at radius 1 is 0.960 bits per heavy atom. The van der Waals surface area contributed by atoms with E-state index >= 15 is 0 Å². The Balaban J connectivity index is 1.90. The van der Waals surface area contributed by atoms with Gasteiger partial charge in [0.25, 0.3) is 0 Å². The summed E-state index contributed by atoms with van der Waals surface area (Å²) in [5.74, 6) is 1.20. The van der Waals surface area contributed by atoms with Crippen molar-refractivity contribution in [3.05, 3.63) is 60.7 Å². The molecule has 0 aromatic heterocycles. The van der Waals surface area contributed by atoms with Gasteiger partial charge in [-0.15, -0.1) is 0 Å². The molecule has 0 spiro atoms. The smallest absolute Gasteiger partial charge is 0.0665 e. The van der Waals surface area contributed by atoms with E-state index in [9.17, 15) is 5.11 Å². The highest BCUT2D eigenvalue weighted by molar-refractivity contribution is 8.33. The van der Waals surface area contributed by atoms with Crippen LogP contribution in [0.5, 0.6) is 0 Å². The lowest BCUT2D eigenvalue weighted by Crippen LogP contribution is -2.44. The Morgan fingerprint density at radius 3 is 2.00 bits per heavy atom. The number of hydrogen-bond acceptors (Lipinski definition) is 2. The SMILES string of the molecule is CN[C@H]1CCCC[C@H]1[C@H](O)CS(C)(c1ccccc1)c1ccccc1. The van der Waals surface area contributed by atoms with Gasteiger partial charge in [-0.1, -0.05) is 49.2 Å². The molecular weight excluding hydrogens is 326 g/mol. The lowest BCUT2D eigenvalue weighted by atomic mass is 9.81. The molecule has 2 N–H and O–H groups in total. The molecule has 1 aliphatic rings. The molecule has 3 heteroatoms. The summed E-state index contributed by atoms with van der Waals surface area (Å²) in [6.07, 6.45) is 6.92. The average molecular weight is 358 g/mol. The van der Waals surface area contributed by atoms with Gasteiger partial charge in [-0.2, -0.15) is 10.0 Å². The van der Waals surface area contributed by atoms with Crippen molar-refractivity contribution >= 4 is 10.0 Å². The minimum atomic E-state index is -1.25. The van der Waals surface area contributed by atoms with Crippen molar-refractivity contribution in [2.24, 2.45) is 5.92 Å². The zero-order valence-electron chi connectivity index (χ0n) is 15.4. The molecule has 1 fully saturated rings. The van der Waals surface area contributed by atoms with Gasteiger partial charge in [0.2, 0.25) is 0 Å². The highest BCUT2D eigenvalue weighted by Crippen LogP contribution is 2.60. The molecule has 3 atom stereocenters. The van der Waals surface area contributed by atoms with Gasteiger partial charge in [-0.3, -0.25) is 0 Å². The minimum Gasteiger partial charge on any atom is -0.392 e. The van der Waals surface area contributed by atoms with Crippen LogP contribution in [0.3, 0.4) is 0 Å². The molecule has 3 rings (SSSR count). The topological polar surface area (TPSA) is 32.3 Å². The fourth-order valence-corrected chi connectivity index (χ4v) is 7.32. The zero-order chi connectivity index (χ0) is 17.7. The van der Waals surface area contributed by atoms with Gasteiger partial charge in [0, 0.05) is 17.7 Å². The van der Waals surface area contributed by atoms with Crippen LogP contribution in [-0.2, 0) is 0 Å². The van der Waals surface area contributed by atoms with Crippen molar-refractivity contribution in [3.8, 4) is 0 Å². The molecular formula is C22H31NOS. The summed E-state index contributed by atoms with van der Waals surface area (Å²) < 4.78 is 0. The van der Waals surface area contributed by atoms with Crippen molar-refractivity contribution < 1.29 is 5.11 Å². The third-order valence-electron chi connectivity index (χ3n) is 5.72. The van der Waals surface area contributed by atoms with E-state index in [1.165, 1.54) is 29.1 Å². The second-order valence-electron chi connectivity index (χ2n) is 7.29. The molecule has 1 saturated carbocycles. The fraction of sp³-hybridized carbons (Fsp3) is 0.455. The lowest BCUT2D eigenvalue weighted by molar-refractivity contribution is 0.0819. The van der Waals surface area contributed by atoms with Gasteiger partial charge in [0.15, 0.2) is 0 Å². The summed E-state index contributed by atoms with van der Waals surface area (Å²) in [7, 11) is 0.783. The predicted molar refractivity (Wildman–Crippen MR) is 109 cm³/mol. The lowest BCUT2D eigenvalue weighted by Gasteiger charge is -2.43. The van der Waals surface area contributed by atoms with Gasteiger partial charge in [-0.25, -0.2) is 0 Å². The van der Waals surface area contributed by atoms with Crippen molar-refractivity contribution in [2.75, 3.05) is 19.1 Å². The van der Waals surface area contributed by atoms with Crippen LogP contribution in [0.4, 0.5) is 0 Å². The molecule has 2 aromatic rings.